The SMILES string of the molecule is CCC(=O)N1CCCCC1c1nnc2n1CCN(C(=O)c1cc(C)oc1C)CC2. The molecule has 4 rings (SSSR count). The maximum atomic E-state index is 13.0. The predicted molar refractivity (Wildman–Crippen MR) is 106 cm³/mol. The summed E-state index contributed by atoms with van der Waals surface area (Å²) in [5.74, 6) is 3.34. The molecule has 1 fully saturated rings. The van der Waals surface area contributed by atoms with Gasteiger partial charge in [0.25, 0.3) is 5.91 Å². The molecule has 0 N–H and O–H groups in total. The Bertz CT molecular complexity index is 916. The van der Waals surface area contributed by atoms with Gasteiger partial charge in [-0.3, -0.25) is 9.59 Å². The molecule has 0 radical (unpaired) electrons. The summed E-state index contributed by atoms with van der Waals surface area (Å²) < 4.78 is 7.67. The highest BCUT2D eigenvalue weighted by Crippen LogP contribution is 2.31. The maximum Gasteiger partial charge on any atom is 0.257 e. The van der Waals surface area contributed by atoms with E-state index in [1.807, 2.05) is 36.6 Å². The molecule has 0 aliphatic carbocycles. The summed E-state index contributed by atoms with van der Waals surface area (Å²) in [5.41, 5.74) is 0.632. The fourth-order valence-electron chi connectivity index (χ4n) is 4.51. The largest absolute Gasteiger partial charge is 0.466 e. The molecule has 1 saturated heterocycles. The topological polar surface area (TPSA) is 84.5 Å². The highest BCUT2D eigenvalue weighted by molar-refractivity contribution is 5.95. The fraction of sp³-hybridized carbons (Fsp3) is 0.619. The normalized spacial score (nSPS) is 19.8. The summed E-state index contributed by atoms with van der Waals surface area (Å²) in [6.45, 7) is 8.20. The van der Waals surface area contributed by atoms with Crippen LogP contribution in [0.2, 0.25) is 0 Å². The molecule has 1 unspecified atom stereocenters. The number of piperidine rings is 1. The lowest BCUT2D eigenvalue weighted by molar-refractivity contribution is -0.135. The van der Waals surface area contributed by atoms with Crippen LogP contribution in [0.1, 0.15) is 72.2 Å². The monoisotopic (exact) mass is 399 g/mol. The van der Waals surface area contributed by atoms with Crippen molar-refractivity contribution in [3.63, 3.8) is 0 Å². The molecule has 0 saturated carbocycles. The summed E-state index contributed by atoms with van der Waals surface area (Å²) in [6.07, 6.45) is 4.20. The molecule has 2 aromatic heterocycles. The lowest BCUT2D eigenvalue weighted by atomic mass is 10.0. The highest BCUT2D eigenvalue weighted by Gasteiger charge is 2.33. The third-order valence-corrected chi connectivity index (χ3v) is 6.04. The van der Waals surface area contributed by atoms with Crippen molar-refractivity contribution in [2.75, 3.05) is 19.6 Å². The Morgan fingerprint density at radius 3 is 2.69 bits per heavy atom. The smallest absolute Gasteiger partial charge is 0.257 e. The maximum absolute atomic E-state index is 13.0. The van der Waals surface area contributed by atoms with Gasteiger partial charge in [0.2, 0.25) is 5.91 Å². The van der Waals surface area contributed by atoms with Gasteiger partial charge < -0.3 is 18.8 Å². The van der Waals surface area contributed by atoms with Crippen LogP contribution in [0, 0.1) is 13.8 Å². The summed E-state index contributed by atoms with van der Waals surface area (Å²) in [4.78, 5) is 29.3. The number of nitrogens with zero attached hydrogens (tertiary/aromatic N) is 5. The first-order valence-corrected chi connectivity index (χ1v) is 10.6. The molecule has 2 aliphatic rings. The lowest BCUT2D eigenvalue weighted by Crippen LogP contribution is -2.39. The molecule has 2 amide bonds. The van der Waals surface area contributed by atoms with Crippen LogP contribution in [-0.2, 0) is 17.8 Å². The lowest BCUT2D eigenvalue weighted by Gasteiger charge is -2.35. The van der Waals surface area contributed by atoms with Crippen molar-refractivity contribution in [2.24, 2.45) is 0 Å². The summed E-state index contributed by atoms with van der Waals surface area (Å²) in [7, 11) is 0. The Balaban J connectivity index is 1.54. The molecule has 29 heavy (non-hydrogen) atoms. The molecule has 2 aliphatic heterocycles. The second-order valence-electron chi connectivity index (χ2n) is 7.95. The zero-order valence-electron chi connectivity index (χ0n) is 17.5. The second kappa shape index (κ2) is 8.00. The number of hydrogen-bond acceptors (Lipinski definition) is 5. The van der Waals surface area contributed by atoms with E-state index in [0.29, 0.717) is 43.8 Å². The van der Waals surface area contributed by atoms with Crippen molar-refractivity contribution in [3.8, 4) is 0 Å². The van der Waals surface area contributed by atoms with Gasteiger partial charge in [-0.1, -0.05) is 6.92 Å². The van der Waals surface area contributed by atoms with Gasteiger partial charge in [0.05, 0.1) is 11.6 Å². The third-order valence-electron chi connectivity index (χ3n) is 6.04. The number of aromatic nitrogens is 3. The summed E-state index contributed by atoms with van der Waals surface area (Å²) >= 11 is 0. The van der Waals surface area contributed by atoms with Crippen molar-refractivity contribution in [3.05, 3.63) is 34.8 Å². The van der Waals surface area contributed by atoms with Crippen molar-refractivity contribution in [2.45, 2.75) is 65.5 Å². The molecule has 1 atom stereocenters. The molecular formula is C21H29N5O3. The van der Waals surface area contributed by atoms with Crippen LogP contribution in [-0.4, -0.2) is 56.0 Å². The fourth-order valence-corrected chi connectivity index (χ4v) is 4.51. The number of likely N-dealkylation sites (tertiary alicyclic amines) is 1. The molecule has 156 valence electrons. The van der Waals surface area contributed by atoms with Crippen LogP contribution in [0.4, 0.5) is 0 Å². The zero-order chi connectivity index (χ0) is 20.5. The van der Waals surface area contributed by atoms with Crippen LogP contribution < -0.4 is 0 Å². The molecule has 8 nitrogen and oxygen atoms in total. The average Bonchev–Trinajstić information content (AvgIpc) is 3.21. The number of furan rings is 1. The van der Waals surface area contributed by atoms with Crippen molar-refractivity contribution in [1.82, 2.24) is 24.6 Å². The van der Waals surface area contributed by atoms with Crippen molar-refractivity contribution >= 4 is 11.8 Å². The van der Waals surface area contributed by atoms with Gasteiger partial charge in [-0.25, -0.2) is 0 Å². The summed E-state index contributed by atoms with van der Waals surface area (Å²) in [5, 5.41) is 8.89. The Morgan fingerprint density at radius 2 is 1.97 bits per heavy atom. The number of carbonyl (C=O) groups is 2. The first kappa shape index (κ1) is 19.7. The van der Waals surface area contributed by atoms with Gasteiger partial charge in [0.1, 0.15) is 17.3 Å². The minimum absolute atomic E-state index is 0.0000610. The van der Waals surface area contributed by atoms with Crippen molar-refractivity contribution < 1.29 is 14.0 Å². The van der Waals surface area contributed by atoms with E-state index >= 15 is 0 Å². The van der Waals surface area contributed by atoms with E-state index in [1.54, 1.807) is 0 Å². The molecule has 0 spiro atoms. The first-order valence-electron chi connectivity index (χ1n) is 10.6. The number of aryl methyl sites for hydroxylation is 2. The average molecular weight is 399 g/mol. The third kappa shape index (κ3) is 3.68. The van der Waals surface area contributed by atoms with Gasteiger partial charge in [-0.05, 0) is 39.2 Å². The Labute approximate surface area is 170 Å². The van der Waals surface area contributed by atoms with Crippen LogP contribution >= 0.6 is 0 Å². The molecule has 0 aromatic carbocycles. The van der Waals surface area contributed by atoms with Gasteiger partial charge in [-0.15, -0.1) is 10.2 Å². The standard InChI is InChI=1S/C21H29N5O3/c1-4-19(27)25-9-6-5-7-17(25)20-23-22-18-8-10-24(11-12-26(18)20)21(28)16-13-14(2)29-15(16)3/h13,17H,4-12H2,1-3H3. The molecule has 2 aromatic rings. The van der Waals surface area contributed by atoms with E-state index in [-0.39, 0.29) is 17.9 Å². The highest BCUT2D eigenvalue weighted by atomic mass is 16.3. The Kier molecular flexibility index (Phi) is 5.43. The van der Waals surface area contributed by atoms with Gasteiger partial charge in [0, 0.05) is 39.0 Å². The van der Waals surface area contributed by atoms with Crippen LogP contribution in [0.25, 0.3) is 0 Å². The Hall–Kier alpha value is -2.64. The van der Waals surface area contributed by atoms with E-state index in [1.165, 1.54) is 0 Å². The number of rotatable bonds is 3. The van der Waals surface area contributed by atoms with Gasteiger partial charge in [-0.2, -0.15) is 0 Å². The molecular weight excluding hydrogens is 370 g/mol. The summed E-state index contributed by atoms with van der Waals surface area (Å²) in [6, 6.07) is 1.79. The Morgan fingerprint density at radius 1 is 1.14 bits per heavy atom. The number of hydrogen-bond donors (Lipinski definition) is 0. The van der Waals surface area contributed by atoms with Crippen LogP contribution in [0.15, 0.2) is 10.5 Å². The minimum atomic E-state index is -0.0153. The molecule has 0 bridgehead atoms. The number of amides is 2. The van der Waals surface area contributed by atoms with E-state index in [9.17, 15) is 9.59 Å². The molecule has 4 heterocycles. The number of fused-ring (bicyclic) bond motifs is 1. The first-order chi connectivity index (χ1) is 14.0. The van der Waals surface area contributed by atoms with E-state index < -0.39 is 0 Å². The minimum Gasteiger partial charge on any atom is -0.466 e. The van der Waals surface area contributed by atoms with Gasteiger partial charge in [0.15, 0.2) is 5.82 Å². The van der Waals surface area contributed by atoms with Crippen molar-refractivity contribution in [1.29, 1.82) is 0 Å². The van der Waals surface area contributed by atoms with E-state index in [4.69, 9.17) is 4.42 Å². The predicted octanol–water partition coefficient (Wildman–Crippen LogP) is 2.65. The van der Waals surface area contributed by atoms with Crippen LogP contribution in [0.3, 0.4) is 0 Å². The zero-order valence-corrected chi connectivity index (χ0v) is 17.5. The number of carbonyl (C=O) groups excluding carboxylic acids is 2. The quantitative estimate of drug-likeness (QED) is 0.792. The van der Waals surface area contributed by atoms with E-state index in [2.05, 4.69) is 14.8 Å². The second-order valence-corrected chi connectivity index (χ2v) is 7.95. The van der Waals surface area contributed by atoms with Crippen LogP contribution in [0.5, 0.6) is 0 Å². The van der Waals surface area contributed by atoms with E-state index in [0.717, 1.165) is 43.2 Å². The molecule has 8 heteroatoms. The van der Waals surface area contributed by atoms with Gasteiger partial charge >= 0.3 is 0 Å².